The lowest BCUT2D eigenvalue weighted by Crippen LogP contribution is -2.54. The summed E-state index contributed by atoms with van der Waals surface area (Å²) in [6, 6.07) is 10.6. The molecular weight excluding hydrogens is 458 g/mol. The molecule has 2 rings (SSSR count). The SMILES string of the molecule is C=CC(=O)N(CCN(C(=O)[O-])C(C)(C)C)C(c1nc(C#N)c(C)c(=O)n1Cc1ccccc1)C(C)C. The Labute approximate surface area is 212 Å². The molecule has 0 N–H and O–H groups in total. The van der Waals surface area contributed by atoms with Gasteiger partial charge in [0, 0.05) is 18.6 Å². The Morgan fingerprint density at radius 2 is 1.83 bits per heavy atom. The van der Waals surface area contributed by atoms with E-state index in [4.69, 9.17) is 0 Å². The van der Waals surface area contributed by atoms with Crippen molar-refractivity contribution in [2.75, 3.05) is 13.1 Å². The molecule has 2 amide bonds. The quantitative estimate of drug-likeness (QED) is 0.496. The monoisotopic (exact) mass is 492 g/mol. The number of aromatic nitrogens is 2. The summed E-state index contributed by atoms with van der Waals surface area (Å²) in [7, 11) is 0. The molecule has 0 aliphatic heterocycles. The molecule has 9 nitrogen and oxygen atoms in total. The molecule has 0 spiro atoms. The first-order valence-corrected chi connectivity index (χ1v) is 11.8. The number of amides is 2. The summed E-state index contributed by atoms with van der Waals surface area (Å²) in [6.07, 6.45) is -0.203. The van der Waals surface area contributed by atoms with Crippen molar-refractivity contribution in [3.05, 3.63) is 76.0 Å². The Kier molecular flexibility index (Phi) is 9.17. The Balaban J connectivity index is 2.70. The van der Waals surface area contributed by atoms with Crippen LogP contribution < -0.4 is 10.7 Å². The average Bonchev–Trinajstić information content (AvgIpc) is 2.81. The second-order valence-corrected chi connectivity index (χ2v) is 9.95. The van der Waals surface area contributed by atoms with E-state index in [1.54, 1.807) is 27.7 Å². The highest BCUT2D eigenvalue weighted by molar-refractivity contribution is 5.87. The summed E-state index contributed by atoms with van der Waals surface area (Å²) in [6.45, 7) is 14.3. The maximum Gasteiger partial charge on any atom is 0.258 e. The van der Waals surface area contributed by atoms with Gasteiger partial charge in [-0.3, -0.25) is 14.2 Å². The van der Waals surface area contributed by atoms with E-state index < -0.39 is 23.6 Å². The zero-order valence-corrected chi connectivity index (χ0v) is 21.8. The highest BCUT2D eigenvalue weighted by atomic mass is 16.4. The van der Waals surface area contributed by atoms with Crippen molar-refractivity contribution in [2.45, 2.75) is 59.7 Å². The third-order valence-electron chi connectivity index (χ3n) is 6.00. The summed E-state index contributed by atoms with van der Waals surface area (Å²) in [5.41, 5.74) is -0.0606. The first-order valence-electron chi connectivity index (χ1n) is 11.8. The molecule has 1 heterocycles. The molecule has 9 heteroatoms. The molecule has 1 atom stereocenters. The summed E-state index contributed by atoms with van der Waals surface area (Å²) in [5.74, 6) is -0.421. The third-order valence-corrected chi connectivity index (χ3v) is 6.00. The van der Waals surface area contributed by atoms with Gasteiger partial charge in [-0.2, -0.15) is 5.26 Å². The molecule has 0 saturated heterocycles. The van der Waals surface area contributed by atoms with Crippen molar-refractivity contribution in [1.82, 2.24) is 19.4 Å². The molecule has 0 aliphatic rings. The molecule has 1 unspecified atom stereocenters. The highest BCUT2D eigenvalue weighted by Crippen LogP contribution is 2.29. The minimum atomic E-state index is -1.35. The van der Waals surface area contributed by atoms with Gasteiger partial charge in [-0.05, 0) is 45.3 Å². The van der Waals surface area contributed by atoms with E-state index in [-0.39, 0.29) is 48.2 Å². The number of carboxylic acid groups (broad SMARTS) is 1. The molecule has 36 heavy (non-hydrogen) atoms. The van der Waals surface area contributed by atoms with Crippen molar-refractivity contribution in [1.29, 1.82) is 5.26 Å². The minimum Gasteiger partial charge on any atom is -0.530 e. The molecule has 0 aliphatic carbocycles. The zero-order valence-electron chi connectivity index (χ0n) is 21.8. The lowest BCUT2D eigenvalue weighted by molar-refractivity contribution is -0.270. The summed E-state index contributed by atoms with van der Waals surface area (Å²) in [5, 5.41) is 21.4. The number of carbonyl (C=O) groups excluding carboxylic acids is 2. The van der Waals surface area contributed by atoms with Crippen LogP contribution in [0, 0.1) is 24.2 Å². The number of hydrogen-bond donors (Lipinski definition) is 0. The lowest BCUT2D eigenvalue weighted by atomic mass is 9.99. The summed E-state index contributed by atoms with van der Waals surface area (Å²) >= 11 is 0. The fraction of sp³-hybridized carbons (Fsp3) is 0.444. The second-order valence-electron chi connectivity index (χ2n) is 9.95. The highest BCUT2D eigenvalue weighted by Gasteiger charge is 2.33. The smallest absolute Gasteiger partial charge is 0.258 e. The normalized spacial score (nSPS) is 12.1. The van der Waals surface area contributed by atoms with Gasteiger partial charge in [-0.25, -0.2) is 4.98 Å². The lowest BCUT2D eigenvalue weighted by Gasteiger charge is -2.41. The van der Waals surface area contributed by atoms with Crippen molar-refractivity contribution >= 4 is 12.0 Å². The minimum absolute atomic E-state index is 0.00984. The van der Waals surface area contributed by atoms with Gasteiger partial charge in [0.1, 0.15) is 18.0 Å². The molecular formula is C27H34N5O4-. The maximum atomic E-state index is 13.4. The van der Waals surface area contributed by atoms with Gasteiger partial charge in [0.25, 0.3) is 5.56 Å². The van der Waals surface area contributed by atoms with Gasteiger partial charge in [-0.1, -0.05) is 50.8 Å². The first kappa shape index (κ1) is 28.3. The van der Waals surface area contributed by atoms with Crippen LogP contribution in [0.3, 0.4) is 0 Å². The van der Waals surface area contributed by atoms with Crippen LogP contribution in [0.4, 0.5) is 4.79 Å². The molecule has 0 bridgehead atoms. The van der Waals surface area contributed by atoms with E-state index in [1.165, 1.54) is 9.47 Å². The van der Waals surface area contributed by atoms with E-state index in [9.17, 15) is 24.8 Å². The van der Waals surface area contributed by atoms with Gasteiger partial charge in [-0.15, -0.1) is 0 Å². The number of nitrogens with zero attached hydrogens (tertiary/aromatic N) is 5. The number of hydrogen-bond acceptors (Lipinski definition) is 6. The predicted molar refractivity (Wildman–Crippen MR) is 135 cm³/mol. The van der Waals surface area contributed by atoms with E-state index in [1.807, 2.05) is 50.2 Å². The topological polar surface area (TPSA) is 122 Å². The number of nitriles is 1. The van der Waals surface area contributed by atoms with E-state index in [0.29, 0.717) is 0 Å². The standard InChI is InChI=1S/C27H35N5O4/c1-8-22(33)30(14-15-32(26(35)36)27(5,6)7)23(18(2)3)24-29-21(16-28)19(4)25(34)31(24)17-20-12-10-9-11-13-20/h8-13,18,23H,1,14-15,17H2,2-7H3,(H,35,36)/p-1. The third kappa shape index (κ3) is 6.39. The van der Waals surface area contributed by atoms with Crippen LogP contribution >= 0.6 is 0 Å². The molecule has 0 fully saturated rings. The Hall–Kier alpha value is -3.93. The fourth-order valence-corrected chi connectivity index (χ4v) is 4.13. The Bertz CT molecular complexity index is 1210. The van der Waals surface area contributed by atoms with E-state index >= 15 is 0 Å². The molecule has 0 radical (unpaired) electrons. The average molecular weight is 493 g/mol. The van der Waals surface area contributed by atoms with Gasteiger partial charge in [0.15, 0.2) is 5.69 Å². The zero-order chi connectivity index (χ0) is 27.2. The Morgan fingerprint density at radius 3 is 2.31 bits per heavy atom. The predicted octanol–water partition coefficient (Wildman–Crippen LogP) is 2.63. The largest absolute Gasteiger partial charge is 0.530 e. The van der Waals surface area contributed by atoms with Crippen LogP contribution in [0.25, 0.3) is 0 Å². The van der Waals surface area contributed by atoms with Crippen LogP contribution in [-0.4, -0.2) is 50.0 Å². The molecule has 0 saturated carbocycles. The van der Waals surface area contributed by atoms with Gasteiger partial charge >= 0.3 is 0 Å². The van der Waals surface area contributed by atoms with Crippen molar-refractivity contribution in [2.24, 2.45) is 5.92 Å². The van der Waals surface area contributed by atoms with Gasteiger partial charge < -0.3 is 19.7 Å². The van der Waals surface area contributed by atoms with E-state index in [0.717, 1.165) is 16.5 Å². The van der Waals surface area contributed by atoms with E-state index in [2.05, 4.69) is 11.6 Å². The van der Waals surface area contributed by atoms with Crippen LogP contribution in [0.15, 0.2) is 47.8 Å². The number of benzene rings is 1. The van der Waals surface area contributed by atoms with Gasteiger partial charge in [0.05, 0.1) is 18.2 Å². The van der Waals surface area contributed by atoms with Crippen molar-refractivity contribution in [3.63, 3.8) is 0 Å². The number of rotatable bonds is 9. The first-order chi connectivity index (χ1) is 16.8. The molecule has 192 valence electrons. The maximum absolute atomic E-state index is 13.4. The van der Waals surface area contributed by atoms with Crippen molar-refractivity contribution in [3.8, 4) is 6.07 Å². The number of carbonyl (C=O) groups is 2. The van der Waals surface area contributed by atoms with Crippen LogP contribution in [0.2, 0.25) is 0 Å². The van der Waals surface area contributed by atoms with Gasteiger partial charge in [0.2, 0.25) is 5.91 Å². The molecule has 2 aromatic rings. The summed E-state index contributed by atoms with van der Waals surface area (Å²) in [4.78, 5) is 45.4. The summed E-state index contributed by atoms with van der Waals surface area (Å²) < 4.78 is 1.49. The second kappa shape index (κ2) is 11.7. The molecule has 1 aromatic carbocycles. The van der Waals surface area contributed by atoms with Crippen LogP contribution in [0.1, 0.15) is 63.3 Å². The van der Waals surface area contributed by atoms with Crippen LogP contribution in [0.5, 0.6) is 0 Å². The fourth-order valence-electron chi connectivity index (χ4n) is 4.13. The van der Waals surface area contributed by atoms with Crippen molar-refractivity contribution < 1.29 is 14.7 Å². The Morgan fingerprint density at radius 1 is 1.22 bits per heavy atom. The molecule has 1 aromatic heterocycles. The van der Waals surface area contributed by atoms with Crippen LogP contribution in [-0.2, 0) is 11.3 Å².